The van der Waals surface area contributed by atoms with Crippen molar-refractivity contribution < 1.29 is 18.9 Å². The summed E-state index contributed by atoms with van der Waals surface area (Å²) < 4.78 is 13.7. The molecule has 1 aromatic carbocycles. The van der Waals surface area contributed by atoms with E-state index in [0.717, 1.165) is 12.1 Å². The van der Waals surface area contributed by atoms with Gasteiger partial charge in [0.15, 0.2) is 0 Å². The molecule has 1 fully saturated rings. The number of carbonyl (C=O) groups is 2. The Kier molecular flexibility index (Phi) is 7.46. The predicted molar refractivity (Wildman–Crippen MR) is 102 cm³/mol. The van der Waals surface area contributed by atoms with Gasteiger partial charge >= 0.3 is 0 Å². The van der Waals surface area contributed by atoms with Gasteiger partial charge in [-0.05, 0) is 30.0 Å². The lowest BCUT2D eigenvalue weighted by Crippen LogP contribution is -3.06. The number of rotatable bonds is 8. The number of hydrogen-bond donors (Lipinski definition) is 2. The van der Waals surface area contributed by atoms with E-state index in [2.05, 4.69) is 5.32 Å². The van der Waals surface area contributed by atoms with E-state index in [-0.39, 0.29) is 28.9 Å². The van der Waals surface area contributed by atoms with Crippen molar-refractivity contribution in [2.24, 2.45) is 5.92 Å². The molecule has 144 valence electrons. The smallest absolute Gasteiger partial charge is 0.243 e. The average Bonchev–Trinajstić information content (AvgIpc) is 2.93. The fourth-order valence-corrected chi connectivity index (χ4v) is 4.25. The standard InChI is InChI=1S/C19H28FN3O2S/c1-13(2)10-16(18(25)21-8-9-22(3)4)23-17(24)12-26-19(23)14-6-5-7-15(20)11-14/h5-7,11,13,16,19H,8-10,12H2,1-4H3,(H,21,25)/p+1/t16-,19-/m0/s1. The second-order valence-corrected chi connectivity index (χ2v) is 8.48. The number of likely N-dealkylation sites (N-methyl/N-ethyl adjacent to an activating group) is 1. The van der Waals surface area contributed by atoms with Crippen molar-refractivity contribution in [1.82, 2.24) is 10.2 Å². The Morgan fingerprint density at radius 1 is 1.42 bits per heavy atom. The number of quaternary nitrogens is 1. The molecule has 0 bridgehead atoms. The molecule has 7 heteroatoms. The van der Waals surface area contributed by atoms with Crippen LogP contribution < -0.4 is 10.2 Å². The van der Waals surface area contributed by atoms with Crippen LogP contribution in [0.1, 0.15) is 31.2 Å². The van der Waals surface area contributed by atoms with E-state index in [0.29, 0.717) is 18.7 Å². The Hall–Kier alpha value is -1.60. The molecule has 1 saturated heterocycles. The minimum Gasteiger partial charge on any atom is -0.349 e. The van der Waals surface area contributed by atoms with Crippen LogP contribution in [0.25, 0.3) is 0 Å². The molecule has 0 spiro atoms. The van der Waals surface area contributed by atoms with E-state index < -0.39 is 6.04 Å². The van der Waals surface area contributed by atoms with Gasteiger partial charge in [-0.3, -0.25) is 9.59 Å². The highest BCUT2D eigenvalue weighted by molar-refractivity contribution is 8.00. The number of nitrogens with zero attached hydrogens (tertiary/aromatic N) is 1. The Morgan fingerprint density at radius 2 is 2.15 bits per heavy atom. The lowest BCUT2D eigenvalue weighted by molar-refractivity contribution is -0.856. The van der Waals surface area contributed by atoms with Crippen molar-refractivity contribution in [1.29, 1.82) is 0 Å². The summed E-state index contributed by atoms with van der Waals surface area (Å²) in [6.07, 6.45) is 0.582. The highest BCUT2D eigenvalue weighted by Crippen LogP contribution is 2.41. The molecule has 0 aliphatic carbocycles. The summed E-state index contributed by atoms with van der Waals surface area (Å²) in [5.41, 5.74) is 0.722. The molecule has 5 nitrogen and oxygen atoms in total. The molecule has 1 aliphatic rings. The Labute approximate surface area is 159 Å². The largest absolute Gasteiger partial charge is 0.349 e. The summed E-state index contributed by atoms with van der Waals surface area (Å²) in [7, 11) is 4.05. The number of carbonyl (C=O) groups excluding carboxylic acids is 2. The maximum Gasteiger partial charge on any atom is 0.243 e. The molecule has 0 unspecified atom stereocenters. The summed E-state index contributed by atoms with van der Waals surface area (Å²) in [6, 6.07) is 5.75. The molecule has 0 aromatic heterocycles. The van der Waals surface area contributed by atoms with Gasteiger partial charge in [-0.2, -0.15) is 0 Å². The van der Waals surface area contributed by atoms with Crippen molar-refractivity contribution in [3.63, 3.8) is 0 Å². The minimum absolute atomic E-state index is 0.0664. The van der Waals surface area contributed by atoms with Gasteiger partial charge in [0.1, 0.15) is 17.2 Å². The van der Waals surface area contributed by atoms with E-state index in [1.54, 1.807) is 11.0 Å². The third-order valence-corrected chi connectivity index (χ3v) is 5.53. The molecule has 0 saturated carbocycles. The first-order valence-corrected chi connectivity index (χ1v) is 10.1. The molecule has 2 rings (SSSR count). The first-order chi connectivity index (χ1) is 12.3. The van der Waals surface area contributed by atoms with Gasteiger partial charge in [0.05, 0.1) is 32.9 Å². The van der Waals surface area contributed by atoms with Gasteiger partial charge in [-0.25, -0.2) is 4.39 Å². The van der Waals surface area contributed by atoms with Crippen LogP contribution in [-0.2, 0) is 9.59 Å². The lowest BCUT2D eigenvalue weighted by Gasteiger charge is -2.33. The van der Waals surface area contributed by atoms with Crippen LogP contribution in [0.15, 0.2) is 24.3 Å². The normalized spacial score (nSPS) is 18.7. The van der Waals surface area contributed by atoms with Gasteiger partial charge in [0.25, 0.3) is 0 Å². The first kappa shape index (κ1) is 20.7. The Bertz CT molecular complexity index is 639. The number of benzene rings is 1. The second-order valence-electron chi connectivity index (χ2n) is 7.41. The van der Waals surface area contributed by atoms with Gasteiger partial charge in [-0.15, -0.1) is 11.8 Å². The number of hydrogen-bond acceptors (Lipinski definition) is 3. The monoisotopic (exact) mass is 382 g/mol. The van der Waals surface area contributed by atoms with Gasteiger partial charge < -0.3 is 15.1 Å². The van der Waals surface area contributed by atoms with E-state index in [4.69, 9.17) is 0 Å². The van der Waals surface area contributed by atoms with Crippen LogP contribution in [0.5, 0.6) is 0 Å². The number of halogens is 1. The Morgan fingerprint density at radius 3 is 2.77 bits per heavy atom. The van der Waals surface area contributed by atoms with Crippen LogP contribution in [0.3, 0.4) is 0 Å². The van der Waals surface area contributed by atoms with Gasteiger partial charge in [0, 0.05) is 0 Å². The number of thioether (sulfide) groups is 1. The Balaban J connectivity index is 2.22. The zero-order valence-corrected chi connectivity index (χ0v) is 16.7. The molecule has 0 radical (unpaired) electrons. The maximum atomic E-state index is 13.7. The molecule has 26 heavy (non-hydrogen) atoms. The highest BCUT2D eigenvalue weighted by atomic mass is 32.2. The zero-order chi connectivity index (χ0) is 19.3. The fourth-order valence-electron chi connectivity index (χ4n) is 3.04. The quantitative estimate of drug-likeness (QED) is 0.707. The van der Waals surface area contributed by atoms with E-state index in [1.807, 2.05) is 34.0 Å². The van der Waals surface area contributed by atoms with Crippen LogP contribution in [0.2, 0.25) is 0 Å². The molecular formula is C19H29FN3O2S+. The van der Waals surface area contributed by atoms with Crippen LogP contribution in [0, 0.1) is 11.7 Å². The third-order valence-electron chi connectivity index (χ3n) is 4.30. The number of amides is 2. The summed E-state index contributed by atoms with van der Waals surface area (Å²) >= 11 is 1.45. The average molecular weight is 383 g/mol. The van der Waals surface area contributed by atoms with Crippen LogP contribution in [-0.4, -0.2) is 55.7 Å². The van der Waals surface area contributed by atoms with Crippen molar-refractivity contribution in [2.75, 3.05) is 32.9 Å². The molecule has 2 amide bonds. The highest BCUT2D eigenvalue weighted by Gasteiger charge is 2.41. The topological polar surface area (TPSA) is 53.9 Å². The van der Waals surface area contributed by atoms with Crippen molar-refractivity contribution in [2.45, 2.75) is 31.7 Å². The molecular weight excluding hydrogens is 353 g/mol. The summed E-state index contributed by atoms with van der Waals surface area (Å²) in [5, 5.41) is 2.64. The minimum atomic E-state index is -0.539. The first-order valence-electron chi connectivity index (χ1n) is 9.04. The van der Waals surface area contributed by atoms with E-state index >= 15 is 0 Å². The molecule has 2 atom stereocenters. The summed E-state index contributed by atoms with van der Waals surface area (Å²) in [5.74, 6) is 0.0451. The van der Waals surface area contributed by atoms with E-state index in [9.17, 15) is 14.0 Å². The molecule has 2 N–H and O–H groups in total. The van der Waals surface area contributed by atoms with Crippen molar-refractivity contribution >= 4 is 23.6 Å². The number of nitrogens with one attached hydrogen (secondary N) is 2. The third kappa shape index (κ3) is 5.45. The lowest BCUT2D eigenvalue weighted by atomic mass is 10.0. The van der Waals surface area contributed by atoms with Gasteiger partial charge in [-0.1, -0.05) is 26.0 Å². The maximum absolute atomic E-state index is 13.7. The molecule has 1 aromatic rings. The van der Waals surface area contributed by atoms with Gasteiger partial charge in [0.2, 0.25) is 11.8 Å². The van der Waals surface area contributed by atoms with Crippen molar-refractivity contribution in [3.8, 4) is 0 Å². The predicted octanol–water partition coefficient (Wildman–Crippen LogP) is 1.08. The second kappa shape index (κ2) is 9.37. The van der Waals surface area contributed by atoms with Crippen molar-refractivity contribution in [3.05, 3.63) is 35.6 Å². The van der Waals surface area contributed by atoms with Crippen LogP contribution >= 0.6 is 11.8 Å². The summed E-state index contributed by atoms with van der Waals surface area (Å²) in [4.78, 5) is 28.3. The molecule has 1 aliphatic heterocycles. The zero-order valence-electron chi connectivity index (χ0n) is 15.9. The fraction of sp³-hybridized carbons (Fsp3) is 0.579. The molecule has 1 heterocycles. The SMILES string of the molecule is CC(C)C[C@@H](C(=O)NCC[NH+](C)C)N1C(=O)CS[C@H]1c1cccc(F)c1. The summed E-state index contributed by atoms with van der Waals surface area (Å²) in [6.45, 7) is 5.45. The van der Waals surface area contributed by atoms with Crippen LogP contribution in [0.4, 0.5) is 4.39 Å². The van der Waals surface area contributed by atoms with E-state index in [1.165, 1.54) is 28.8 Å².